The van der Waals surface area contributed by atoms with E-state index in [1.165, 1.54) is 29.8 Å². The molecule has 0 amide bonds. The van der Waals surface area contributed by atoms with E-state index in [1.807, 2.05) is 22.2 Å². The molecule has 0 fully saturated rings. The number of nitrogens with zero attached hydrogens (tertiary/aromatic N) is 3. The first-order valence-electron chi connectivity index (χ1n) is 5.75. The molecule has 4 nitrogen and oxygen atoms in total. The summed E-state index contributed by atoms with van der Waals surface area (Å²) < 4.78 is 40.6. The normalized spacial score (nSPS) is 14.0. The average molecular weight is 301 g/mol. The Morgan fingerprint density at radius 2 is 2.10 bits per heavy atom. The molecule has 3 heterocycles. The monoisotopic (exact) mass is 301 g/mol. The molecule has 0 aliphatic heterocycles. The lowest BCUT2D eigenvalue weighted by Crippen LogP contribution is -2.19. The molecule has 106 valence electrons. The van der Waals surface area contributed by atoms with Crippen molar-refractivity contribution in [3.8, 4) is 0 Å². The second kappa shape index (κ2) is 4.64. The zero-order valence-electron chi connectivity index (χ0n) is 10.1. The number of imidazole rings is 1. The maximum absolute atomic E-state index is 12.4. The highest BCUT2D eigenvalue weighted by atomic mass is 32.1. The van der Waals surface area contributed by atoms with Gasteiger partial charge in [0.25, 0.3) is 0 Å². The summed E-state index contributed by atoms with van der Waals surface area (Å²) in [6.45, 7) is 0.360. The van der Waals surface area contributed by atoms with Crippen LogP contribution in [0.3, 0.4) is 0 Å². The van der Waals surface area contributed by atoms with Gasteiger partial charge in [-0.1, -0.05) is 0 Å². The Labute approximate surface area is 115 Å². The minimum absolute atomic E-state index is 0.168. The van der Waals surface area contributed by atoms with Gasteiger partial charge in [-0.3, -0.25) is 4.40 Å². The van der Waals surface area contributed by atoms with Crippen molar-refractivity contribution in [2.45, 2.75) is 18.8 Å². The van der Waals surface area contributed by atoms with Crippen molar-refractivity contribution in [2.24, 2.45) is 0 Å². The number of rotatable bonds is 3. The van der Waals surface area contributed by atoms with Gasteiger partial charge >= 0.3 is 6.18 Å². The molecule has 0 aliphatic rings. The predicted molar refractivity (Wildman–Crippen MR) is 67.6 cm³/mol. The van der Waals surface area contributed by atoms with Gasteiger partial charge in [-0.15, -0.1) is 11.3 Å². The van der Waals surface area contributed by atoms with Crippen LogP contribution in [0.25, 0.3) is 4.96 Å². The molecule has 0 aromatic carbocycles. The third-order valence-corrected chi connectivity index (χ3v) is 3.66. The van der Waals surface area contributed by atoms with E-state index in [4.69, 9.17) is 5.11 Å². The topological polar surface area (TPSA) is 42.5 Å². The van der Waals surface area contributed by atoms with Crippen molar-refractivity contribution in [1.29, 1.82) is 0 Å². The van der Waals surface area contributed by atoms with Crippen LogP contribution in [0, 0.1) is 0 Å². The number of hydrogen-bond donors (Lipinski definition) is 1. The Morgan fingerprint density at radius 1 is 1.30 bits per heavy atom. The first kappa shape index (κ1) is 13.2. The summed E-state index contributed by atoms with van der Waals surface area (Å²) in [5, 5.41) is 11.1. The van der Waals surface area contributed by atoms with Crippen molar-refractivity contribution in [3.63, 3.8) is 0 Å². The lowest BCUT2D eigenvalue weighted by Gasteiger charge is -2.12. The maximum atomic E-state index is 12.4. The lowest BCUT2D eigenvalue weighted by atomic mass is 10.2. The largest absolute Gasteiger partial charge is 0.418 e. The molecule has 8 heteroatoms. The zero-order valence-corrected chi connectivity index (χ0v) is 10.9. The van der Waals surface area contributed by atoms with E-state index in [1.54, 1.807) is 4.57 Å². The molecule has 3 aromatic rings. The summed E-state index contributed by atoms with van der Waals surface area (Å²) in [5.41, 5.74) is 0.582. The van der Waals surface area contributed by atoms with Gasteiger partial charge in [-0.05, 0) is 6.07 Å². The van der Waals surface area contributed by atoms with Gasteiger partial charge in [0.2, 0.25) is 0 Å². The average Bonchev–Trinajstić information content (AvgIpc) is 3.02. The number of halogens is 3. The molecule has 0 radical (unpaired) electrons. The van der Waals surface area contributed by atoms with Crippen LogP contribution >= 0.6 is 11.3 Å². The Bertz CT molecular complexity index is 699. The van der Waals surface area contributed by atoms with Crippen molar-refractivity contribution >= 4 is 16.3 Å². The van der Waals surface area contributed by atoms with Gasteiger partial charge in [-0.25, -0.2) is 4.98 Å². The molecular formula is C12H10F3N3OS. The van der Waals surface area contributed by atoms with Crippen molar-refractivity contribution < 1.29 is 18.3 Å². The standard InChI is InChI=1S/C12H10F3N3OS/c13-12(14,15)10(19)8-1-2-17(5-8)6-9-7-18-3-4-20-11(18)16-9/h1-5,7,10,19H,6H2. The van der Waals surface area contributed by atoms with E-state index in [9.17, 15) is 13.2 Å². The molecule has 1 unspecified atom stereocenters. The molecule has 1 N–H and O–H groups in total. The molecule has 3 rings (SSSR count). The summed E-state index contributed by atoms with van der Waals surface area (Å²) in [5.74, 6) is 0. The summed E-state index contributed by atoms with van der Waals surface area (Å²) in [7, 11) is 0. The number of aromatic nitrogens is 3. The van der Waals surface area contributed by atoms with Gasteiger partial charge in [0.05, 0.1) is 12.2 Å². The summed E-state index contributed by atoms with van der Waals surface area (Å²) in [6.07, 6.45) is -0.627. The first-order chi connectivity index (χ1) is 9.43. The first-order valence-corrected chi connectivity index (χ1v) is 6.63. The fourth-order valence-corrected chi connectivity index (χ4v) is 2.67. The van der Waals surface area contributed by atoms with Crippen LogP contribution < -0.4 is 0 Å². The summed E-state index contributed by atoms with van der Waals surface area (Å²) in [4.78, 5) is 5.18. The fraction of sp³-hybridized carbons (Fsp3) is 0.250. The van der Waals surface area contributed by atoms with E-state index in [0.717, 1.165) is 10.7 Å². The van der Waals surface area contributed by atoms with Crippen LogP contribution in [-0.4, -0.2) is 25.2 Å². The lowest BCUT2D eigenvalue weighted by molar-refractivity contribution is -0.206. The Kier molecular flexibility index (Phi) is 3.06. The molecule has 0 saturated carbocycles. The summed E-state index contributed by atoms with van der Waals surface area (Å²) >= 11 is 1.49. The second-order valence-electron chi connectivity index (χ2n) is 4.39. The van der Waals surface area contributed by atoms with E-state index in [2.05, 4.69) is 4.98 Å². The van der Waals surface area contributed by atoms with Crippen molar-refractivity contribution in [2.75, 3.05) is 0 Å². The Hall–Kier alpha value is -1.80. The van der Waals surface area contributed by atoms with Crippen LogP contribution in [0.4, 0.5) is 13.2 Å². The van der Waals surface area contributed by atoms with Crippen molar-refractivity contribution in [3.05, 3.63) is 47.5 Å². The third kappa shape index (κ3) is 2.44. The highest BCUT2D eigenvalue weighted by Crippen LogP contribution is 2.32. The van der Waals surface area contributed by atoms with Crippen LogP contribution in [-0.2, 0) is 6.54 Å². The SMILES string of the molecule is OC(c1ccn(Cc2cn3ccsc3n2)c1)C(F)(F)F. The van der Waals surface area contributed by atoms with E-state index < -0.39 is 12.3 Å². The smallest absolute Gasteiger partial charge is 0.379 e. The molecule has 3 aromatic heterocycles. The Morgan fingerprint density at radius 3 is 2.80 bits per heavy atom. The third-order valence-electron chi connectivity index (χ3n) is 2.89. The quantitative estimate of drug-likeness (QED) is 0.808. The number of fused-ring (bicyclic) bond motifs is 1. The van der Waals surface area contributed by atoms with Crippen LogP contribution in [0.1, 0.15) is 17.4 Å². The van der Waals surface area contributed by atoms with Gasteiger partial charge in [0.15, 0.2) is 11.1 Å². The van der Waals surface area contributed by atoms with Gasteiger partial charge in [0.1, 0.15) is 0 Å². The molecule has 1 atom stereocenters. The highest BCUT2D eigenvalue weighted by molar-refractivity contribution is 7.15. The van der Waals surface area contributed by atoms with Crippen molar-refractivity contribution in [1.82, 2.24) is 14.0 Å². The maximum Gasteiger partial charge on any atom is 0.418 e. The van der Waals surface area contributed by atoms with E-state index in [0.29, 0.717) is 6.54 Å². The number of alkyl halides is 3. The summed E-state index contributed by atoms with van der Waals surface area (Å²) in [6, 6.07) is 1.26. The van der Waals surface area contributed by atoms with Crippen LogP contribution in [0.5, 0.6) is 0 Å². The number of thiazole rings is 1. The number of hydrogen-bond acceptors (Lipinski definition) is 3. The highest BCUT2D eigenvalue weighted by Gasteiger charge is 2.39. The molecular weight excluding hydrogens is 291 g/mol. The van der Waals surface area contributed by atoms with Gasteiger partial charge < -0.3 is 9.67 Å². The fourth-order valence-electron chi connectivity index (χ4n) is 1.95. The Balaban J connectivity index is 1.78. The van der Waals surface area contributed by atoms with Gasteiger partial charge in [-0.2, -0.15) is 13.2 Å². The zero-order chi connectivity index (χ0) is 14.3. The predicted octanol–water partition coefficient (Wildman–Crippen LogP) is 2.84. The molecule has 0 saturated heterocycles. The minimum atomic E-state index is -4.65. The number of aliphatic hydroxyl groups excluding tert-OH is 1. The molecule has 0 spiro atoms. The van der Waals surface area contributed by atoms with Crippen LogP contribution in [0.15, 0.2) is 36.2 Å². The second-order valence-corrected chi connectivity index (χ2v) is 5.26. The number of aliphatic hydroxyl groups is 1. The molecule has 0 bridgehead atoms. The molecule has 0 aliphatic carbocycles. The van der Waals surface area contributed by atoms with E-state index >= 15 is 0 Å². The minimum Gasteiger partial charge on any atom is -0.379 e. The van der Waals surface area contributed by atoms with E-state index in [-0.39, 0.29) is 5.56 Å². The molecule has 20 heavy (non-hydrogen) atoms. The van der Waals surface area contributed by atoms with Crippen LogP contribution in [0.2, 0.25) is 0 Å². The van der Waals surface area contributed by atoms with Gasteiger partial charge in [0, 0.05) is 35.7 Å².